The molecule has 5 aliphatic carbocycles. The van der Waals surface area contributed by atoms with E-state index in [0.29, 0.717) is 5.41 Å². The van der Waals surface area contributed by atoms with Gasteiger partial charge in [0.2, 0.25) is 0 Å². The highest BCUT2D eigenvalue weighted by Gasteiger charge is 2.59. The maximum Gasteiger partial charge on any atom is -0.00720 e. The Bertz CT molecular complexity index is 315. The van der Waals surface area contributed by atoms with Gasteiger partial charge in [0.1, 0.15) is 0 Å². The van der Waals surface area contributed by atoms with Gasteiger partial charge in [-0.05, 0) is 92.9 Å². The van der Waals surface area contributed by atoms with Crippen molar-refractivity contribution in [2.45, 2.75) is 70.6 Å². The summed E-state index contributed by atoms with van der Waals surface area (Å²) in [7, 11) is 0. The van der Waals surface area contributed by atoms with Gasteiger partial charge in [0.15, 0.2) is 0 Å². The van der Waals surface area contributed by atoms with Gasteiger partial charge in [0.05, 0.1) is 0 Å². The third-order valence-corrected chi connectivity index (χ3v) is 7.12. The minimum atomic E-state index is 0.696. The molecule has 0 aliphatic heterocycles. The van der Waals surface area contributed by atoms with Gasteiger partial charge in [-0.1, -0.05) is 12.8 Å². The first kappa shape index (κ1) is 11.8. The van der Waals surface area contributed by atoms with Gasteiger partial charge in [-0.3, -0.25) is 0 Å². The molecule has 2 atom stereocenters. The third kappa shape index (κ3) is 1.62. The predicted octanol–water partition coefficient (Wildman–Crippen LogP) is 4.11. The Hall–Kier alpha value is -0.0400. The molecular formula is C17H29N. The second-order valence-electron chi connectivity index (χ2n) is 8.34. The van der Waals surface area contributed by atoms with E-state index < -0.39 is 0 Å². The zero-order valence-electron chi connectivity index (χ0n) is 11.8. The van der Waals surface area contributed by atoms with Crippen LogP contribution in [0.1, 0.15) is 70.6 Å². The quantitative estimate of drug-likeness (QED) is 0.798. The summed E-state index contributed by atoms with van der Waals surface area (Å²) in [4.78, 5) is 0. The van der Waals surface area contributed by atoms with Crippen LogP contribution in [-0.2, 0) is 0 Å². The molecule has 102 valence electrons. The number of rotatable bonds is 3. The van der Waals surface area contributed by atoms with Gasteiger partial charge in [0, 0.05) is 0 Å². The summed E-state index contributed by atoms with van der Waals surface area (Å²) in [5, 5.41) is 0. The number of hydrogen-bond donors (Lipinski definition) is 1. The normalized spacial score (nSPS) is 51.2. The van der Waals surface area contributed by atoms with E-state index in [9.17, 15) is 0 Å². The Labute approximate surface area is 112 Å². The Morgan fingerprint density at radius 1 is 0.944 bits per heavy atom. The van der Waals surface area contributed by atoms with Crippen LogP contribution in [0.2, 0.25) is 0 Å². The first-order chi connectivity index (χ1) is 8.74. The fourth-order valence-corrected chi connectivity index (χ4v) is 7.14. The second kappa shape index (κ2) is 3.98. The van der Waals surface area contributed by atoms with E-state index in [4.69, 9.17) is 5.73 Å². The molecule has 0 saturated heterocycles. The number of nitrogens with two attached hydrogens (primary N) is 1. The summed E-state index contributed by atoms with van der Waals surface area (Å²) < 4.78 is 0. The van der Waals surface area contributed by atoms with Crippen molar-refractivity contribution in [2.75, 3.05) is 6.54 Å². The molecule has 0 aromatic carbocycles. The molecule has 2 unspecified atom stereocenters. The van der Waals surface area contributed by atoms with Crippen molar-refractivity contribution < 1.29 is 0 Å². The van der Waals surface area contributed by atoms with Crippen LogP contribution < -0.4 is 5.73 Å². The van der Waals surface area contributed by atoms with E-state index in [1.807, 2.05) is 0 Å². The van der Waals surface area contributed by atoms with Crippen LogP contribution in [-0.4, -0.2) is 6.54 Å². The lowest BCUT2D eigenvalue weighted by Gasteiger charge is -2.64. The molecule has 0 spiro atoms. The molecule has 1 nitrogen and oxygen atoms in total. The van der Waals surface area contributed by atoms with Crippen LogP contribution >= 0.6 is 0 Å². The van der Waals surface area contributed by atoms with E-state index >= 15 is 0 Å². The molecule has 18 heavy (non-hydrogen) atoms. The maximum absolute atomic E-state index is 5.95. The van der Waals surface area contributed by atoms with Crippen molar-refractivity contribution in [3.8, 4) is 0 Å². The Balaban J connectivity index is 1.65. The summed E-state index contributed by atoms with van der Waals surface area (Å²) in [6.45, 7) is 0.931. The topological polar surface area (TPSA) is 26.0 Å². The SMILES string of the molecule is NCCC12CC3CC(C1)CC(C1CCCC1)(C3)C2. The summed E-state index contributed by atoms with van der Waals surface area (Å²) in [6, 6.07) is 0. The standard InChI is InChI=1S/C17H29N/c18-6-5-16-8-13-7-14(9-16)11-17(10-13,12-16)15-3-1-2-4-15/h13-15H,1-12,18H2. The van der Waals surface area contributed by atoms with Crippen LogP contribution in [0, 0.1) is 28.6 Å². The molecule has 5 saturated carbocycles. The fourth-order valence-electron chi connectivity index (χ4n) is 7.14. The third-order valence-electron chi connectivity index (χ3n) is 7.12. The molecule has 2 N–H and O–H groups in total. The summed E-state index contributed by atoms with van der Waals surface area (Å²) in [5.41, 5.74) is 7.43. The average molecular weight is 247 g/mol. The minimum Gasteiger partial charge on any atom is -0.330 e. The molecule has 0 amide bonds. The molecule has 4 bridgehead atoms. The highest BCUT2D eigenvalue weighted by Crippen LogP contribution is 2.69. The number of hydrogen-bond acceptors (Lipinski definition) is 1. The molecule has 5 rings (SSSR count). The van der Waals surface area contributed by atoms with Crippen molar-refractivity contribution in [2.24, 2.45) is 34.3 Å². The molecule has 0 heterocycles. The molecule has 5 aliphatic rings. The van der Waals surface area contributed by atoms with Gasteiger partial charge >= 0.3 is 0 Å². The van der Waals surface area contributed by atoms with E-state index in [2.05, 4.69) is 0 Å². The Morgan fingerprint density at radius 3 is 2.22 bits per heavy atom. The van der Waals surface area contributed by atoms with Crippen molar-refractivity contribution in [1.82, 2.24) is 0 Å². The van der Waals surface area contributed by atoms with E-state index in [1.165, 1.54) is 32.1 Å². The average Bonchev–Trinajstić information content (AvgIpc) is 2.80. The Morgan fingerprint density at radius 2 is 1.61 bits per heavy atom. The van der Waals surface area contributed by atoms with Crippen molar-refractivity contribution in [1.29, 1.82) is 0 Å². The van der Waals surface area contributed by atoms with Crippen LogP contribution in [0.4, 0.5) is 0 Å². The maximum atomic E-state index is 5.95. The molecular weight excluding hydrogens is 218 g/mol. The molecule has 5 fully saturated rings. The lowest BCUT2D eigenvalue weighted by molar-refractivity contribution is -0.137. The van der Waals surface area contributed by atoms with Crippen molar-refractivity contribution in [3.05, 3.63) is 0 Å². The largest absolute Gasteiger partial charge is 0.330 e. The first-order valence-electron chi connectivity index (χ1n) is 8.44. The van der Waals surface area contributed by atoms with Gasteiger partial charge in [0.25, 0.3) is 0 Å². The first-order valence-corrected chi connectivity index (χ1v) is 8.44. The summed E-state index contributed by atoms with van der Waals surface area (Å²) >= 11 is 0. The van der Waals surface area contributed by atoms with E-state index in [-0.39, 0.29) is 0 Å². The lowest BCUT2D eigenvalue weighted by atomic mass is 9.41. The molecule has 0 aromatic rings. The highest BCUT2D eigenvalue weighted by molar-refractivity contribution is 5.09. The lowest BCUT2D eigenvalue weighted by Crippen LogP contribution is -2.54. The summed E-state index contributed by atoms with van der Waals surface area (Å²) in [5.74, 6) is 3.26. The van der Waals surface area contributed by atoms with Crippen molar-refractivity contribution in [3.63, 3.8) is 0 Å². The monoisotopic (exact) mass is 247 g/mol. The van der Waals surface area contributed by atoms with Gasteiger partial charge in [-0.2, -0.15) is 0 Å². The van der Waals surface area contributed by atoms with Crippen LogP contribution in [0.25, 0.3) is 0 Å². The van der Waals surface area contributed by atoms with Crippen LogP contribution in [0.3, 0.4) is 0 Å². The van der Waals surface area contributed by atoms with Gasteiger partial charge in [-0.25, -0.2) is 0 Å². The smallest absolute Gasteiger partial charge is 0.00720 e. The molecule has 0 aromatic heterocycles. The van der Waals surface area contributed by atoms with Crippen molar-refractivity contribution >= 4 is 0 Å². The second-order valence-corrected chi connectivity index (χ2v) is 8.34. The van der Waals surface area contributed by atoms with Gasteiger partial charge in [-0.15, -0.1) is 0 Å². The predicted molar refractivity (Wildman–Crippen MR) is 75.2 cm³/mol. The van der Waals surface area contributed by atoms with E-state index in [1.54, 1.807) is 38.5 Å². The molecule has 1 heteroatoms. The Kier molecular flexibility index (Phi) is 2.60. The van der Waals surface area contributed by atoms with Gasteiger partial charge < -0.3 is 5.73 Å². The fraction of sp³-hybridized carbons (Fsp3) is 1.00. The van der Waals surface area contributed by atoms with Crippen LogP contribution in [0.5, 0.6) is 0 Å². The highest BCUT2D eigenvalue weighted by atomic mass is 14.7. The zero-order valence-corrected chi connectivity index (χ0v) is 11.8. The molecule has 0 radical (unpaired) electrons. The van der Waals surface area contributed by atoms with E-state index in [0.717, 1.165) is 29.7 Å². The minimum absolute atomic E-state index is 0.696. The summed E-state index contributed by atoms with van der Waals surface area (Å²) in [6.07, 6.45) is 16.9. The zero-order chi connectivity index (χ0) is 12.2. The van der Waals surface area contributed by atoms with Crippen LogP contribution in [0.15, 0.2) is 0 Å².